The van der Waals surface area contributed by atoms with Crippen LogP contribution >= 0.6 is 0 Å². The molecule has 54 heavy (non-hydrogen) atoms. The fourth-order valence-electron chi connectivity index (χ4n) is 7.00. The monoisotopic (exact) mass is 690 g/mol. The molecule has 0 aliphatic rings. The van der Waals surface area contributed by atoms with Crippen LogP contribution < -0.4 is 0 Å². The molecule has 0 saturated carbocycles. The molecule has 3 aromatic heterocycles. The van der Waals surface area contributed by atoms with E-state index in [0.717, 1.165) is 71.8 Å². The molecule has 0 fully saturated rings. The lowest BCUT2D eigenvalue weighted by Crippen LogP contribution is -2.00. The van der Waals surface area contributed by atoms with Gasteiger partial charge in [0.05, 0.1) is 16.7 Å². The average molecular weight is 691 g/mol. The molecule has 0 spiro atoms. The van der Waals surface area contributed by atoms with Crippen molar-refractivity contribution in [2.45, 2.75) is 0 Å². The molecule has 0 atom stereocenters. The quantitative estimate of drug-likeness (QED) is 0.162. The van der Waals surface area contributed by atoms with Crippen LogP contribution in [0.5, 0.6) is 0 Å². The summed E-state index contributed by atoms with van der Waals surface area (Å²) in [5.41, 5.74) is 9.71. The van der Waals surface area contributed by atoms with E-state index in [-0.39, 0.29) is 0 Å². The van der Waals surface area contributed by atoms with Gasteiger partial charge in [-0.25, -0.2) is 24.9 Å². The van der Waals surface area contributed by atoms with E-state index in [1.165, 1.54) is 5.39 Å². The van der Waals surface area contributed by atoms with Crippen LogP contribution in [0.3, 0.4) is 0 Å². The van der Waals surface area contributed by atoms with Crippen LogP contribution in [-0.2, 0) is 0 Å². The van der Waals surface area contributed by atoms with Gasteiger partial charge in [0.15, 0.2) is 23.3 Å². The molecule has 0 N–H and O–H groups in total. The lowest BCUT2D eigenvalue weighted by molar-refractivity contribution is 1.07. The molecule has 3 heterocycles. The Hall–Kier alpha value is -7.44. The summed E-state index contributed by atoms with van der Waals surface area (Å²) in [5.74, 6) is 2.54. The summed E-state index contributed by atoms with van der Waals surface area (Å²) in [7, 11) is 0. The first kappa shape index (κ1) is 31.3. The van der Waals surface area contributed by atoms with Crippen LogP contribution in [0.4, 0.5) is 0 Å². The van der Waals surface area contributed by atoms with Gasteiger partial charge in [-0.2, -0.15) is 0 Å². The molecule has 10 aromatic rings. The molecule has 0 amide bonds. The number of hydrogen-bond acceptors (Lipinski definition) is 6. The smallest absolute Gasteiger partial charge is 0.164 e. The maximum absolute atomic E-state index is 5.17. The Bertz CT molecular complexity index is 2910. The Morgan fingerprint density at radius 3 is 1.46 bits per heavy atom. The van der Waals surface area contributed by atoms with Crippen molar-refractivity contribution < 1.29 is 0 Å². The van der Waals surface area contributed by atoms with Crippen molar-refractivity contribution in [2.24, 2.45) is 0 Å². The summed E-state index contributed by atoms with van der Waals surface area (Å²) >= 11 is 0. The van der Waals surface area contributed by atoms with Gasteiger partial charge in [-0.15, -0.1) is 0 Å². The normalized spacial score (nSPS) is 11.3. The van der Waals surface area contributed by atoms with Gasteiger partial charge in [0.25, 0.3) is 0 Å². The lowest BCUT2D eigenvalue weighted by atomic mass is 9.98. The molecule has 0 bridgehead atoms. The van der Waals surface area contributed by atoms with Crippen molar-refractivity contribution in [2.75, 3.05) is 0 Å². The molecule has 0 radical (unpaired) electrons. The molecule has 6 nitrogen and oxygen atoms in total. The molecule has 0 unspecified atom stereocenters. The second-order valence-electron chi connectivity index (χ2n) is 13.2. The molecule has 10 rings (SSSR count). The van der Waals surface area contributed by atoms with Crippen LogP contribution in [0.2, 0.25) is 0 Å². The number of para-hydroxylation sites is 1. The minimum Gasteiger partial charge on any atom is -0.256 e. The predicted octanol–water partition coefficient (Wildman–Crippen LogP) is 11.5. The van der Waals surface area contributed by atoms with E-state index in [1.54, 1.807) is 0 Å². The zero-order valence-electron chi connectivity index (χ0n) is 29.0. The largest absolute Gasteiger partial charge is 0.256 e. The van der Waals surface area contributed by atoms with E-state index in [4.69, 9.17) is 24.9 Å². The highest BCUT2D eigenvalue weighted by atomic mass is 15.0. The van der Waals surface area contributed by atoms with Crippen molar-refractivity contribution in [3.63, 3.8) is 0 Å². The van der Waals surface area contributed by atoms with Gasteiger partial charge >= 0.3 is 0 Å². The molecule has 0 aliphatic heterocycles. The Labute approximate surface area is 311 Å². The number of fused-ring (bicyclic) bond motifs is 4. The number of hydrogen-bond donors (Lipinski definition) is 0. The number of benzene rings is 7. The molecular formula is C48H30N6. The van der Waals surface area contributed by atoms with E-state index in [2.05, 4.69) is 96.0 Å². The summed E-state index contributed by atoms with van der Waals surface area (Å²) in [6, 6.07) is 59.9. The Balaban J connectivity index is 1.01. The summed E-state index contributed by atoms with van der Waals surface area (Å²) < 4.78 is 0. The molecule has 0 saturated heterocycles. The fourth-order valence-corrected chi connectivity index (χ4v) is 7.00. The third-order valence-corrected chi connectivity index (χ3v) is 9.79. The van der Waals surface area contributed by atoms with Crippen molar-refractivity contribution in [3.05, 3.63) is 182 Å². The van der Waals surface area contributed by atoms with Crippen LogP contribution in [0.25, 0.3) is 101 Å². The predicted molar refractivity (Wildman–Crippen MR) is 218 cm³/mol. The van der Waals surface area contributed by atoms with E-state index in [9.17, 15) is 0 Å². The summed E-state index contributed by atoms with van der Waals surface area (Å²) in [4.78, 5) is 29.5. The Kier molecular flexibility index (Phi) is 7.69. The SMILES string of the molecule is c1ccc(-c2nc(-c3ccccc3)nc(-c3ccc(-c4nc(-c5ccc(-c6ccc7ccc8cccnc8c7c6)cc5)nc5ccccc45)cc3)n2)cc1. The maximum Gasteiger partial charge on any atom is 0.164 e. The average Bonchev–Trinajstić information content (AvgIpc) is 3.26. The minimum absolute atomic E-state index is 0.610. The first-order valence-corrected chi connectivity index (χ1v) is 17.9. The molecular weight excluding hydrogens is 661 g/mol. The number of nitrogens with zero attached hydrogens (tertiary/aromatic N) is 6. The van der Waals surface area contributed by atoms with Crippen molar-refractivity contribution >= 4 is 32.6 Å². The Morgan fingerprint density at radius 1 is 0.296 bits per heavy atom. The van der Waals surface area contributed by atoms with Gasteiger partial charge in [-0.05, 0) is 34.7 Å². The van der Waals surface area contributed by atoms with Gasteiger partial charge < -0.3 is 0 Å². The van der Waals surface area contributed by atoms with Gasteiger partial charge in [-0.3, -0.25) is 4.98 Å². The van der Waals surface area contributed by atoms with Crippen molar-refractivity contribution in [1.82, 2.24) is 29.9 Å². The topological polar surface area (TPSA) is 77.3 Å². The molecule has 0 aliphatic carbocycles. The number of pyridine rings is 1. The highest BCUT2D eigenvalue weighted by Gasteiger charge is 2.15. The summed E-state index contributed by atoms with van der Waals surface area (Å²) in [5, 5.41) is 4.44. The van der Waals surface area contributed by atoms with Crippen molar-refractivity contribution in [3.8, 4) is 67.9 Å². The van der Waals surface area contributed by atoms with E-state index >= 15 is 0 Å². The summed E-state index contributed by atoms with van der Waals surface area (Å²) in [6.07, 6.45) is 1.86. The molecule has 252 valence electrons. The maximum atomic E-state index is 5.17. The highest BCUT2D eigenvalue weighted by Crippen LogP contribution is 2.33. The minimum atomic E-state index is 0.610. The molecule has 6 heteroatoms. The third kappa shape index (κ3) is 5.82. The van der Waals surface area contributed by atoms with Crippen LogP contribution in [0.1, 0.15) is 0 Å². The second kappa shape index (κ2) is 13.3. The standard InChI is InChI=1S/C48H30N6/c1-3-10-35(11-4-1)46-52-47(36-12-5-2-6-13-36)54-48(53-46)38-26-22-34(23-27-38)44-40-15-7-8-16-42(40)50-45(51-44)37-24-17-31(18-25-37)39-28-20-32-19-21-33-14-9-29-49-43(33)41(32)30-39/h1-30H. The van der Waals surface area contributed by atoms with E-state index in [1.807, 2.05) is 91.1 Å². The van der Waals surface area contributed by atoms with Crippen LogP contribution in [-0.4, -0.2) is 29.9 Å². The first-order chi connectivity index (χ1) is 26.7. The van der Waals surface area contributed by atoms with Crippen LogP contribution in [0.15, 0.2) is 182 Å². The van der Waals surface area contributed by atoms with Crippen LogP contribution in [0, 0.1) is 0 Å². The van der Waals surface area contributed by atoms with Gasteiger partial charge in [0, 0.05) is 50.2 Å². The summed E-state index contributed by atoms with van der Waals surface area (Å²) in [6.45, 7) is 0. The van der Waals surface area contributed by atoms with E-state index < -0.39 is 0 Å². The van der Waals surface area contributed by atoms with Crippen molar-refractivity contribution in [1.29, 1.82) is 0 Å². The Morgan fingerprint density at radius 2 is 0.796 bits per heavy atom. The van der Waals surface area contributed by atoms with Gasteiger partial charge in [0.1, 0.15) is 0 Å². The molecule has 7 aromatic carbocycles. The number of aromatic nitrogens is 6. The van der Waals surface area contributed by atoms with Gasteiger partial charge in [0.2, 0.25) is 0 Å². The highest BCUT2D eigenvalue weighted by molar-refractivity contribution is 6.06. The fraction of sp³-hybridized carbons (Fsp3) is 0. The zero-order valence-corrected chi connectivity index (χ0v) is 29.0. The van der Waals surface area contributed by atoms with E-state index in [0.29, 0.717) is 23.3 Å². The second-order valence-corrected chi connectivity index (χ2v) is 13.2. The van der Waals surface area contributed by atoms with Gasteiger partial charge in [-0.1, -0.05) is 158 Å². The zero-order chi connectivity index (χ0) is 35.8. The first-order valence-electron chi connectivity index (χ1n) is 17.9. The third-order valence-electron chi connectivity index (χ3n) is 9.79. The number of rotatable bonds is 6. The lowest BCUT2D eigenvalue weighted by Gasteiger charge is -2.11.